The van der Waals surface area contributed by atoms with Crippen molar-refractivity contribution >= 4 is 34.6 Å². The van der Waals surface area contributed by atoms with Gasteiger partial charge < -0.3 is 26.3 Å². The molecule has 2 rings (SSSR count). The summed E-state index contributed by atoms with van der Waals surface area (Å²) < 4.78 is 10.3. The van der Waals surface area contributed by atoms with Crippen LogP contribution in [0, 0.1) is 0 Å². The predicted octanol–water partition coefficient (Wildman–Crippen LogP) is 2.77. The second kappa shape index (κ2) is 6.44. The average Bonchev–Trinajstić information content (AvgIpc) is 2.50. The summed E-state index contributed by atoms with van der Waals surface area (Å²) in [4.78, 5) is 12.4. The maximum atomic E-state index is 12.4. The smallest absolute Gasteiger partial charge is 0.259 e. The molecule has 7 heteroatoms. The number of nitrogens with two attached hydrogens (primary N) is 2. The third-order valence-corrected chi connectivity index (χ3v) is 3.36. The normalized spacial score (nSPS) is 10.1. The van der Waals surface area contributed by atoms with Crippen LogP contribution in [0.5, 0.6) is 11.5 Å². The Morgan fingerprint density at radius 2 is 1.77 bits per heavy atom. The summed E-state index contributed by atoms with van der Waals surface area (Å²) in [5.74, 6) is 0.295. The quantitative estimate of drug-likeness (QED) is 0.752. The van der Waals surface area contributed by atoms with Crippen molar-refractivity contribution in [1.82, 2.24) is 0 Å². The van der Waals surface area contributed by atoms with Gasteiger partial charge in [0.05, 0.1) is 36.2 Å². The molecule has 22 heavy (non-hydrogen) atoms. The zero-order valence-electron chi connectivity index (χ0n) is 12.1. The SMILES string of the molecule is COc1cc(C(=O)Nc2cc(N)ccc2Cl)c(OC)cc1N. The number of carbonyl (C=O) groups is 1. The van der Waals surface area contributed by atoms with E-state index in [1.807, 2.05) is 0 Å². The number of hydrogen-bond acceptors (Lipinski definition) is 5. The van der Waals surface area contributed by atoms with Gasteiger partial charge in [-0.05, 0) is 24.3 Å². The van der Waals surface area contributed by atoms with Gasteiger partial charge in [0.2, 0.25) is 0 Å². The van der Waals surface area contributed by atoms with Crippen LogP contribution in [0.1, 0.15) is 10.4 Å². The lowest BCUT2D eigenvalue weighted by molar-refractivity contribution is 0.102. The molecule has 6 nitrogen and oxygen atoms in total. The van der Waals surface area contributed by atoms with Crippen molar-refractivity contribution in [3.8, 4) is 11.5 Å². The predicted molar refractivity (Wildman–Crippen MR) is 87.8 cm³/mol. The highest BCUT2D eigenvalue weighted by molar-refractivity contribution is 6.34. The molecule has 0 fully saturated rings. The summed E-state index contributed by atoms with van der Waals surface area (Å²) in [7, 11) is 2.92. The summed E-state index contributed by atoms with van der Waals surface area (Å²) in [6.07, 6.45) is 0. The molecule has 0 unspecified atom stereocenters. The summed E-state index contributed by atoms with van der Waals surface area (Å²) in [6.45, 7) is 0. The number of carbonyl (C=O) groups excluding carboxylic acids is 1. The lowest BCUT2D eigenvalue weighted by Gasteiger charge is -2.13. The highest BCUT2D eigenvalue weighted by Gasteiger charge is 2.17. The first kappa shape index (κ1) is 15.8. The minimum Gasteiger partial charge on any atom is -0.496 e. The molecule has 0 radical (unpaired) electrons. The maximum absolute atomic E-state index is 12.4. The van der Waals surface area contributed by atoms with E-state index < -0.39 is 5.91 Å². The number of methoxy groups -OCH3 is 2. The van der Waals surface area contributed by atoms with Crippen molar-refractivity contribution in [2.24, 2.45) is 0 Å². The van der Waals surface area contributed by atoms with Crippen molar-refractivity contribution in [1.29, 1.82) is 0 Å². The molecule has 0 heterocycles. The highest BCUT2D eigenvalue weighted by atomic mass is 35.5. The minimum absolute atomic E-state index is 0.270. The molecule has 0 saturated carbocycles. The van der Waals surface area contributed by atoms with Gasteiger partial charge in [0, 0.05) is 11.8 Å². The van der Waals surface area contributed by atoms with Crippen LogP contribution in [-0.2, 0) is 0 Å². The van der Waals surface area contributed by atoms with E-state index in [9.17, 15) is 4.79 Å². The molecule has 0 aliphatic heterocycles. The third-order valence-electron chi connectivity index (χ3n) is 3.04. The van der Waals surface area contributed by atoms with Gasteiger partial charge in [0.1, 0.15) is 11.5 Å². The van der Waals surface area contributed by atoms with Crippen LogP contribution in [0.2, 0.25) is 5.02 Å². The molecule has 0 bridgehead atoms. The molecule has 0 aromatic heterocycles. The number of nitrogens with one attached hydrogen (secondary N) is 1. The van der Waals surface area contributed by atoms with E-state index in [0.29, 0.717) is 33.6 Å². The van der Waals surface area contributed by atoms with Gasteiger partial charge in [-0.25, -0.2) is 0 Å². The number of halogens is 1. The topological polar surface area (TPSA) is 99.6 Å². The van der Waals surface area contributed by atoms with Crippen LogP contribution in [0.3, 0.4) is 0 Å². The standard InChI is InChI=1S/C15H16ClN3O3/c1-21-13-7-11(18)14(22-2)6-9(13)15(20)19-12-5-8(17)3-4-10(12)16/h3-7H,17-18H2,1-2H3,(H,19,20). The first-order valence-electron chi connectivity index (χ1n) is 6.34. The first-order valence-corrected chi connectivity index (χ1v) is 6.72. The minimum atomic E-state index is -0.414. The summed E-state index contributed by atoms with van der Waals surface area (Å²) in [5, 5.41) is 3.06. The molecule has 1 amide bonds. The fourth-order valence-electron chi connectivity index (χ4n) is 1.93. The van der Waals surface area contributed by atoms with Crippen molar-refractivity contribution < 1.29 is 14.3 Å². The molecule has 2 aromatic carbocycles. The summed E-state index contributed by atoms with van der Waals surface area (Å²) in [6, 6.07) is 7.85. The Kier molecular flexibility index (Phi) is 4.62. The van der Waals surface area contributed by atoms with Gasteiger partial charge in [-0.1, -0.05) is 11.6 Å². The monoisotopic (exact) mass is 321 g/mol. The van der Waals surface area contributed by atoms with Crippen molar-refractivity contribution in [3.05, 3.63) is 40.9 Å². The lowest BCUT2D eigenvalue weighted by atomic mass is 10.1. The molecule has 0 spiro atoms. The highest BCUT2D eigenvalue weighted by Crippen LogP contribution is 2.32. The average molecular weight is 322 g/mol. The number of hydrogen-bond donors (Lipinski definition) is 3. The van der Waals surface area contributed by atoms with E-state index >= 15 is 0 Å². The van der Waals surface area contributed by atoms with E-state index in [2.05, 4.69) is 5.32 Å². The lowest BCUT2D eigenvalue weighted by Crippen LogP contribution is -2.14. The van der Waals surface area contributed by atoms with Crippen LogP contribution in [0.4, 0.5) is 17.1 Å². The van der Waals surface area contributed by atoms with Gasteiger partial charge in [0.25, 0.3) is 5.91 Å². The van der Waals surface area contributed by atoms with Crippen molar-refractivity contribution in [3.63, 3.8) is 0 Å². The third kappa shape index (κ3) is 3.17. The molecule has 0 aliphatic carbocycles. The molecule has 116 valence electrons. The first-order chi connectivity index (χ1) is 10.5. The van der Waals surface area contributed by atoms with Crippen LogP contribution in [0.15, 0.2) is 30.3 Å². The van der Waals surface area contributed by atoms with Crippen LogP contribution < -0.4 is 26.3 Å². The number of ether oxygens (including phenoxy) is 2. The molecule has 2 aromatic rings. The van der Waals surface area contributed by atoms with Crippen LogP contribution in [-0.4, -0.2) is 20.1 Å². The Hall–Kier alpha value is -2.60. The Morgan fingerprint density at radius 3 is 2.41 bits per heavy atom. The fraction of sp³-hybridized carbons (Fsp3) is 0.133. The fourth-order valence-corrected chi connectivity index (χ4v) is 2.09. The van der Waals surface area contributed by atoms with Crippen molar-refractivity contribution in [2.75, 3.05) is 31.0 Å². The van der Waals surface area contributed by atoms with E-state index in [4.69, 9.17) is 32.5 Å². The van der Waals surface area contributed by atoms with E-state index in [1.165, 1.54) is 26.4 Å². The van der Waals surface area contributed by atoms with Crippen LogP contribution in [0.25, 0.3) is 0 Å². The van der Waals surface area contributed by atoms with Gasteiger partial charge >= 0.3 is 0 Å². The number of benzene rings is 2. The number of amides is 1. The Bertz CT molecular complexity index is 719. The second-order valence-corrected chi connectivity index (χ2v) is 4.90. The number of rotatable bonds is 4. The van der Waals surface area contributed by atoms with Gasteiger partial charge in [-0.15, -0.1) is 0 Å². The van der Waals surface area contributed by atoms with E-state index in [0.717, 1.165) is 0 Å². The largest absolute Gasteiger partial charge is 0.496 e. The van der Waals surface area contributed by atoms with Gasteiger partial charge in [-0.3, -0.25) is 4.79 Å². The second-order valence-electron chi connectivity index (χ2n) is 4.49. The number of anilines is 3. The maximum Gasteiger partial charge on any atom is 0.259 e. The zero-order chi connectivity index (χ0) is 16.3. The summed E-state index contributed by atoms with van der Waals surface area (Å²) in [5.41, 5.74) is 13.0. The molecule has 5 N–H and O–H groups in total. The molecular formula is C15H16ClN3O3. The zero-order valence-corrected chi connectivity index (χ0v) is 12.9. The Balaban J connectivity index is 2.38. The Labute approximate surface area is 133 Å². The van der Waals surface area contributed by atoms with Gasteiger partial charge in [0.15, 0.2) is 0 Å². The van der Waals surface area contributed by atoms with Crippen LogP contribution >= 0.6 is 11.6 Å². The van der Waals surface area contributed by atoms with E-state index in [1.54, 1.807) is 18.2 Å². The molecule has 0 saturated heterocycles. The molecule has 0 atom stereocenters. The van der Waals surface area contributed by atoms with Gasteiger partial charge in [-0.2, -0.15) is 0 Å². The molecule has 0 aliphatic rings. The number of nitrogen functional groups attached to an aromatic ring is 2. The molecular weight excluding hydrogens is 306 g/mol. The Morgan fingerprint density at radius 1 is 1.09 bits per heavy atom. The van der Waals surface area contributed by atoms with Crippen molar-refractivity contribution in [2.45, 2.75) is 0 Å². The summed E-state index contributed by atoms with van der Waals surface area (Å²) >= 11 is 6.04. The van der Waals surface area contributed by atoms with E-state index in [-0.39, 0.29) is 5.56 Å².